The minimum absolute atomic E-state index is 0.0223. The fourth-order valence-corrected chi connectivity index (χ4v) is 3.03. The molecular weight excluding hydrogens is 345 g/mol. The fraction of sp³-hybridized carbons (Fsp3) is 0.0588. The number of hydrogen-bond donors (Lipinski definition) is 1. The van der Waals surface area contributed by atoms with E-state index in [0.29, 0.717) is 22.0 Å². The third-order valence-electron chi connectivity index (χ3n) is 3.31. The van der Waals surface area contributed by atoms with Gasteiger partial charge in [0.25, 0.3) is 5.69 Å². The summed E-state index contributed by atoms with van der Waals surface area (Å²) in [5.74, 6) is -0.686. The first-order chi connectivity index (χ1) is 12.0. The van der Waals surface area contributed by atoms with Crippen LogP contribution in [0.5, 0.6) is 0 Å². The Morgan fingerprint density at radius 1 is 1.24 bits per heavy atom. The van der Waals surface area contributed by atoms with Crippen LogP contribution in [-0.4, -0.2) is 15.8 Å². The first kappa shape index (κ1) is 16.7. The fourth-order valence-electron chi connectivity index (χ4n) is 2.21. The van der Waals surface area contributed by atoms with E-state index in [-0.39, 0.29) is 23.8 Å². The number of carbonyl (C=O) groups is 1. The molecule has 2 aromatic carbocycles. The summed E-state index contributed by atoms with van der Waals surface area (Å²) in [6.07, 6.45) is 0.0223. The van der Waals surface area contributed by atoms with Gasteiger partial charge in [-0.2, -0.15) is 0 Å². The van der Waals surface area contributed by atoms with Crippen molar-refractivity contribution in [3.63, 3.8) is 0 Å². The molecule has 1 N–H and O–H groups in total. The number of aromatic nitrogens is 1. The van der Waals surface area contributed by atoms with Crippen molar-refractivity contribution < 1.29 is 14.1 Å². The highest BCUT2D eigenvalue weighted by Gasteiger charge is 2.11. The molecule has 0 aliphatic heterocycles. The second-order valence-electron chi connectivity index (χ2n) is 5.19. The Morgan fingerprint density at radius 2 is 2.04 bits per heavy atom. The summed E-state index contributed by atoms with van der Waals surface area (Å²) in [5, 5.41) is 15.7. The number of hydrogen-bond acceptors (Lipinski definition) is 5. The molecule has 0 saturated heterocycles. The van der Waals surface area contributed by atoms with Crippen LogP contribution in [-0.2, 0) is 11.2 Å². The highest BCUT2D eigenvalue weighted by molar-refractivity contribution is 7.13. The molecule has 25 heavy (non-hydrogen) atoms. The van der Waals surface area contributed by atoms with Crippen molar-refractivity contribution in [3.05, 3.63) is 75.5 Å². The molecule has 8 heteroatoms. The van der Waals surface area contributed by atoms with Crippen molar-refractivity contribution in [2.45, 2.75) is 6.42 Å². The van der Waals surface area contributed by atoms with Crippen LogP contribution < -0.4 is 5.32 Å². The molecule has 0 unspecified atom stereocenters. The minimum Gasteiger partial charge on any atom is -0.325 e. The Labute approximate surface area is 146 Å². The lowest BCUT2D eigenvalue weighted by Crippen LogP contribution is -2.14. The van der Waals surface area contributed by atoms with Crippen LogP contribution >= 0.6 is 11.3 Å². The number of thiazole rings is 1. The highest BCUT2D eigenvalue weighted by Crippen LogP contribution is 2.24. The summed E-state index contributed by atoms with van der Waals surface area (Å²) in [6, 6.07) is 11.8. The second kappa shape index (κ2) is 7.18. The standard InChI is InChI=1S/C17H12FN3O3S/c18-12-4-1-3-11(7-12)17-20-14(10-25-17)9-16(22)19-13-5-2-6-15(8-13)21(23)24/h1-8,10H,9H2,(H,19,22). The van der Waals surface area contributed by atoms with Gasteiger partial charge in [-0.3, -0.25) is 14.9 Å². The molecule has 0 radical (unpaired) electrons. The SMILES string of the molecule is O=C(Cc1csc(-c2cccc(F)c2)n1)Nc1cccc([N+](=O)[O-])c1. The first-order valence-electron chi connectivity index (χ1n) is 7.26. The van der Waals surface area contributed by atoms with Gasteiger partial charge in [0.05, 0.1) is 17.0 Å². The topological polar surface area (TPSA) is 85.1 Å². The number of nitro groups is 1. The zero-order valence-corrected chi connectivity index (χ0v) is 13.6. The third kappa shape index (κ3) is 4.24. The van der Waals surface area contributed by atoms with E-state index in [1.54, 1.807) is 23.6 Å². The predicted octanol–water partition coefficient (Wildman–Crippen LogP) is 4.04. The molecule has 3 aromatic rings. The van der Waals surface area contributed by atoms with Crippen molar-refractivity contribution in [3.8, 4) is 10.6 Å². The van der Waals surface area contributed by atoms with Crippen molar-refractivity contribution >= 4 is 28.6 Å². The Kier molecular flexibility index (Phi) is 4.80. The number of benzene rings is 2. The number of anilines is 1. The quantitative estimate of drug-likeness (QED) is 0.552. The molecule has 3 rings (SSSR count). The molecule has 1 heterocycles. The molecule has 6 nitrogen and oxygen atoms in total. The summed E-state index contributed by atoms with van der Waals surface area (Å²) < 4.78 is 13.3. The average molecular weight is 357 g/mol. The highest BCUT2D eigenvalue weighted by atomic mass is 32.1. The van der Waals surface area contributed by atoms with E-state index in [9.17, 15) is 19.3 Å². The van der Waals surface area contributed by atoms with Gasteiger partial charge >= 0.3 is 0 Å². The minimum atomic E-state index is -0.526. The predicted molar refractivity (Wildman–Crippen MR) is 92.9 cm³/mol. The van der Waals surface area contributed by atoms with E-state index in [4.69, 9.17) is 0 Å². The first-order valence-corrected chi connectivity index (χ1v) is 8.14. The van der Waals surface area contributed by atoms with Gasteiger partial charge in [0.15, 0.2) is 0 Å². The largest absolute Gasteiger partial charge is 0.325 e. The van der Waals surface area contributed by atoms with Crippen LogP contribution in [0.2, 0.25) is 0 Å². The van der Waals surface area contributed by atoms with Crippen LogP contribution in [0.3, 0.4) is 0 Å². The Morgan fingerprint density at radius 3 is 2.80 bits per heavy atom. The van der Waals surface area contributed by atoms with E-state index in [0.717, 1.165) is 0 Å². The molecule has 0 aliphatic carbocycles. The molecule has 0 saturated carbocycles. The third-order valence-corrected chi connectivity index (χ3v) is 4.25. The number of nitrogens with zero attached hydrogens (tertiary/aromatic N) is 2. The molecule has 1 aromatic heterocycles. The van der Waals surface area contributed by atoms with E-state index >= 15 is 0 Å². The van der Waals surface area contributed by atoms with Crippen molar-refractivity contribution in [2.24, 2.45) is 0 Å². The summed E-state index contributed by atoms with van der Waals surface area (Å²) in [6.45, 7) is 0. The van der Waals surface area contributed by atoms with Gasteiger partial charge in [-0.1, -0.05) is 18.2 Å². The van der Waals surface area contributed by atoms with Crippen molar-refractivity contribution in [1.29, 1.82) is 0 Å². The lowest BCUT2D eigenvalue weighted by atomic mass is 10.2. The monoisotopic (exact) mass is 357 g/mol. The summed E-state index contributed by atoms with van der Waals surface area (Å²) >= 11 is 1.32. The van der Waals surface area contributed by atoms with Gasteiger partial charge in [-0.25, -0.2) is 9.37 Å². The van der Waals surface area contributed by atoms with Crippen LogP contribution in [0.15, 0.2) is 53.9 Å². The van der Waals surface area contributed by atoms with Crippen LogP contribution in [0.25, 0.3) is 10.6 Å². The van der Waals surface area contributed by atoms with E-state index in [2.05, 4.69) is 10.3 Å². The molecule has 0 bridgehead atoms. The van der Waals surface area contributed by atoms with E-state index in [1.165, 1.54) is 41.7 Å². The maximum absolute atomic E-state index is 13.3. The normalized spacial score (nSPS) is 10.4. The molecule has 126 valence electrons. The molecule has 0 spiro atoms. The van der Waals surface area contributed by atoms with E-state index < -0.39 is 4.92 Å². The van der Waals surface area contributed by atoms with E-state index in [1.807, 2.05) is 0 Å². The Bertz CT molecular complexity index is 942. The number of rotatable bonds is 5. The number of carbonyl (C=O) groups excluding carboxylic acids is 1. The molecule has 1 amide bonds. The van der Waals surface area contributed by atoms with Gasteiger partial charge < -0.3 is 5.32 Å². The number of non-ortho nitro benzene ring substituents is 1. The molecule has 0 fully saturated rings. The van der Waals surface area contributed by atoms with Gasteiger partial charge in [0.2, 0.25) is 5.91 Å². The molecule has 0 aliphatic rings. The number of halogens is 1. The summed E-state index contributed by atoms with van der Waals surface area (Å²) in [5.41, 5.74) is 1.45. The number of nitro benzene ring substituents is 1. The zero-order chi connectivity index (χ0) is 17.8. The Hall–Kier alpha value is -3.13. The number of nitrogens with one attached hydrogen (secondary N) is 1. The van der Waals surface area contributed by atoms with Crippen LogP contribution in [0.1, 0.15) is 5.69 Å². The van der Waals surface area contributed by atoms with Crippen molar-refractivity contribution in [2.75, 3.05) is 5.32 Å². The lowest BCUT2D eigenvalue weighted by Gasteiger charge is -2.03. The maximum atomic E-state index is 13.3. The van der Waals surface area contributed by atoms with Gasteiger partial charge in [0.1, 0.15) is 10.8 Å². The summed E-state index contributed by atoms with van der Waals surface area (Å²) in [4.78, 5) is 26.6. The summed E-state index contributed by atoms with van der Waals surface area (Å²) in [7, 11) is 0. The van der Waals surface area contributed by atoms with Gasteiger partial charge in [-0.05, 0) is 18.2 Å². The van der Waals surface area contributed by atoms with Gasteiger partial charge in [-0.15, -0.1) is 11.3 Å². The molecule has 0 atom stereocenters. The van der Waals surface area contributed by atoms with Gasteiger partial charge in [0, 0.05) is 28.8 Å². The smallest absolute Gasteiger partial charge is 0.271 e. The van der Waals surface area contributed by atoms with Crippen LogP contribution in [0.4, 0.5) is 15.8 Å². The number of amides is 1. The Balaban J connectivity index is 1.68. The average Bonchev–Trinajstić information content (AvgIpc) is 3.03. The maximum Gasteiger partial charge on any atom is 0.271 e. The lowest BCUT2D eigenvalue weighted by molar-refractivity contribution is -0.384. The molecular formula is C17H12FN3O3S. The zero-order valence-electron chi connectivity index (χ0n) is 12.8. The van der Waals surface area contributed by atoms with Crippen molar-refractivity contribution in [1.82, 2.24) is 4.98 Å². The second-order valence-corrected chi connectivity index (χ2v) is 6.04. The van der Waals surface area contributed by atoms with Crippen LogP contribution in [0, 0.1) is 15.9 Å².